The molecule has 0 saturated carbocycles. The van der Waals surface area contributed by atoms with Crippen LogP contribution in [0.4, 0.5) is 10.1 Å². The van der Waals surface area contributed by atoms with Gasteiger partial charge in [-0.3, -0.25) is 14.3 Å². The number of anilines is 1. The van der Waals surface area contributed by atoms with Gasteiger partial charge in [-0.15, -0.1) is 11.3 Å². The van der Waals surface area contributed by atoms with E-state index in [0.717, 1.165) is 22.3 Å². The second-order valence-corrected chi connectivity index (χ2v) is 10.5. The number of nitrogens with zero attached hydrogens (tertiary/aromatic N) is 6. The molecule has 0 bridgehead atoms. The number of benzene rings is 2. The van der Waals surface area contributed by atoms with Gasteiger partial charge in [0.15, 0.2) is 0 Å². The number of primary amides is 1. The minimum Gasteiger partial charge on any atom is -0.365 e. The third-order valence-electron chi connectivity index (χ3n) is 7.04. The molecule has 1 aliphatic heterocycles. The molecule has 38 heavy (non-hydrogen) atoms. The number of halogens is 1. The zero-order valence-corrected chi connectivity index (χ0v) is 21.7. The Morgan fingerprint density at radius 1 is 1.11 bits per heavy atom. The van der Waals surface area contributed by atoms with Gasteiger partial charge in [-0.2, -0.15) is 10.2 Å². The van der Waals surface area contributed by atoms with Crippen molar-refractivity contribution in [3.63, 3.8) is 0 Å². The number of thiazole rings is 1. The van der Waals surface area contributed by atoms with Crippen molar-refractivity contribution in [3.05, 3.63) is 88.0 Å². The van der Waals surface area contributed by atoms with Gasteiger partial charge < -0.3 is 10.6 Å². The quantitative estimate of drug-likeness (QED) is 0.366. The molecule has 11 heteroatoms. The van der Waals surface area contributed by atoms with Crippen LogP contribution in [0.15, 0.2) is 60.9 Å². The molecule has 1 fully saturated rings. The van der Waals surface area contributed by atoms with E-state index in [1.54, 1.807) is 39.5 Å². The van der Waals surface area contributed by atoms with E-state index < -0.39 is 17.9 Å². The van der Waals surface area contributed by atoms with Gasteiger partial charge in [-0.1, -0.05) is 6.92 Å². The summed E-state index contributed by atoms with van der Waals surface area (Å²) in [6.07, 6.45) is 3.57. The number of amides is 2. The summed E-state index contributed by atoms with van der Waals surface area (Å²) in [4.78, 5) is 32.6. The van der Waals surface area contributed by atoms with E-state index in [9.17, 15) is 14.0 Å². The summed E-state index contributed by atoms with van der Waals surface area (Å²) >= 11 is 1.24. The predicted octanol–water partition coefficient (Wildman–Crippen LogP) is 4.27. The molecule has 2 aromatic carbocycles. The number of aromatic nitrogens is 5. The summed E-state index contributed by atoms with van der Waals surface area (Å²) < 4.78 is 16.9. The van der Waals surface area contributed by atoms with E-state index in [-0.39, 0.29) is 17.6 Å². The number of rotatable bonds is 5. The highest BCUT2D eigenvalue weighted by molar-refractivity contribution is 7.13. The lowest BCUT2D eigenvalue weighted by Crippen LogP contribution is -2.29. The number of fused-ring (bicyclic) bond motifs is 1. The van der Waals surface area contributed by atoms with E-state index in [1.807, 2.05) is 44.4 Å². The van der Waals surface area contributed by atoms with Crippen LogP contribution in [0.1, 0.15) is 45.0 Å². The van der Waals surface area contributed by atoms with Gasteiger partial charge >= 0.3 is 0 Å². The maximum Gasteiger partial charge on any atom is 0.260 e. The molecule has 192 valence electrons. The van der Waals surface area contributed by atoms with Crippen LogP contribution in [-0.4, -0.2) is 36.4 Å². The van der Waals surface area contributed by atoms with E-state index in [0.29, 0.717) is 21.3 Å². The Bertz CT molecular complexity index is 1700. The zero-order valence-electron chi connectivity index (χ0n) is 20.9. The van der Waals surface area contributed by atoms with E-state index >= 15 is 0 Å². The Labute approximate surface area is 221 Å². The van der Waals surface area contributed by atoms with Crippen LogP contribution in [0.5, 0.6) is 0 Å². The molecule has 2 N–H and O–H groups in total. The zero-order chi connectivity index (χ0) is 26.7. The van der Waals surface area contributed by atoms with Gasteiger partial charge in [-0.25, -0.2) is 14.1 Å². The first-order chi connectivity index (χ1) is 18.2. The van der Waals surface area contributed by atoms with Gasteiger partial charge in [0.05, 0.1) is 39.8 Å². The maximum atomic E-state index is 13.8. The van der Waals surface area contributed by atoms with Gasteiger partial charge in [0.2, 0.25) is 5.91 Å². The molecule has 0 unspecified atom stereocenters. The summed E-state index contributed by atoms with van der Waals surface area (Å²) in [5.41, 5.74) is 9.12. The fourth-order valence-electron chi connectivity index (χ4n) is 5.23. The number of carbonyl (C=O) groups excluding carboxylic acids is 2. The molecular weight excluding hydrogens is 505 g/mol. The maximum absolute atomic E-state index is 13.8. The predicted molar refractivity (Wildman–Crippen MR) is 142 cm³/mol. The Hall–Kier alpha value is -4.38. The van der Waals surface area contributed by atoms with Crippen molar-refractivity contribution in [2.45, 2.75) is 25.8 Å². The molecule has 1 aliphatic rings. The molecule has 5 aromatic rings. The summed E-state index contributed by atoms with van der Waals surface area (Å²) in [5, 5.41) is 10.7. The third-order valence-corrected chi connectivity index (χ3v) is 8.32. The molecule has 3 aromatic heterocycles. The molecule has 0 radical (unpaired) electrons. The highest BCUT2D eigenvalue weighted by Crippen LogP contribution is 2.50. The molecule has 0 aliphatic carbocycles. The number of nitrogens with two attached hydrogens (primary N) is 1. The van der Waals surface area contributed by atoms with Crippen molar-refractivity contribution >= 4 is 39.7 Å². The van der Waals surface area contributed by atoms with Crippen LogP contribution >= 0.6 is 11.3 Å². The molecule has 2 amide bonds. The third kappa shape index (κ3) is 3.77. The lowest BCUT2D eigenvalue weighted by molar-refractivity contribution is -0.120. The normalized spacial score (nSPS) is 19.5. The number of hydrogen-bond donors (Lipinski definition) is 1. The second-order valence-electron chi connectivity index (χ2n) is 9.49. The molecule has 9 nitrogen and oxygen atoms in total. The van der Waals surface area contributed by atoms with Crippen molar-refractivity contribution in [2.75, 3.05) is 4.90 Å². The first-order valence-electron chi connectivity index (χ1n) is 12.1. The van der Waals surface area contributed by atoms with Crippen molar-refractivity contribution in [2.24, 2.45) is 18.7 Å². The Balaban J connectivity index is 1.46. The highest BCUT2D eigenvalue weighted by Gasteiger charge is 2.50. The summed E-state index contributed by atoms with van der Waals surface area (Å²) in [6.45, 7) is 3.64. The monoisotopic (exact) mass is 529 g/mol. The highest BCUT2D eigenvalue weighted by atomic mass is 32.1. The molecule has 4 heterocycles. The minimum atomic E-state index is -0.530. The van der Waals surface area contributed by atoms with Crippen LogP contribution in [0.2, 0.25) is 0 Å². The largest absolute Gasteiger partial charge is 0.365 e. The first kappa shape index (κ1) is 24.0. The van der Waals surface area contributed by atoms with Crippen molar-refractivity contribution in [1.82, 2.24) is 24.5 Å². The number of carbonyl (C=O) groups is 2. The van der Waals surface area contributed by atoms with Crippen LogP contribution in [-0.2, 0) is 11.8 Å². The topological polar surface area (TPSA) is 112 Å². The molecule has 6 rings (SSSR count). The Morgan fingerprint density at radius 2 is 1.84 bits per heavy atom. The summed E-state index contributed by atoms with van der Waals surface area (Å²) in [5.74, 6) is -1.65. The fourth-order valence-corrected chi connectivity index (χ4v) is 6.39. The SMILES string of the molecule is Cc1nc([C@H]2[C@H](C)C(=O)N(c3ccc4c(cnn4-c4ccc(F)cc4)c3)[C@@H]2c2ccn(C)n2)sc1C(N)=O. The Morgan fingerprint density at radius 3 is 2.50 bits per heavy atom. The average Bonchev–Trinajstić information content (AvgIpc) is 3.65. The lowest BCUT2D eigenvalue weighted by atomic mass is 9.90. The second kappa shape index (κ2) is 8.88. The summed E-state index contributed by atoms with van der Waals surface area (Å²) in [7, 11) is 1.83. The van der Waals surface area contributed by atoms with Crippen molar-refractivity contribution < 1.29 is 14.0 Å². The minimum absolute atomic E-state index is 0.0654. The average molecular weight is 530 g/mol. The van der Waals surface area contributed by atoms with Gasteiger partial charge in [-0.05, 0) is 55.5 Å². The molecule has 1 saturated heterocycles. The smallest absolute Gasteiger partial charge is 0.260 e. The van der Waals surface area contributed by atoms with Crippen molar-refractivity contribution in [1.29, 1.82) is 0 Å². The van der Waals surface area contributed by atoms with Crippen LogP contribution in [0.3, 0.4) is 0 Å². The molecule has 0 spiro atoms. The molecular formula is C27H24FN7O2S. The van der Waals surface area contributed by atoms with Crippen LogP contribution in [0.25, 0.3) is 16.6 Å². The van der Waals surface area contributed by atoms with E-state index in [1.165, 1.54) is 23.5 Å². The van der Waals surface area contributed by atoms with Gasteiger partial charge in [0.1, 0.15) is 10.7 Å². The van der Waals surface area contributed by atoms with Gasteiger partial charge in [0, 0.05) is 36.2 Å². The lowest BCUT2D eigenvalue weighted by Gasteiger charge is -2.26. The fraction of sp³-hybridized carbons (Fsp3) is 0.222. The van der Waals surface area contributed by atoms with Gasteiger partial charge in [0.25, 0.3) is 5.91 Å². The number of hydrogen-bond acceptors (Lipinski definition) is 6. The molecule has 3 atom stereocenters. The van der Waals surface area contributed by atoms with Crippen molar-refractivity contribution in [3.8, 4) is 5.69 Å². The standard InChI is InChI=1S/C27H24FN7O2S/c1-14-22(26-31-15(2)24(38-26)25(29)36)23(20-10-11-33(3)32-20)34(27(14)37)19-8-9-21-16(12-19)13-30-35(21)18-6-4-17(28)5-7-18/h4-14,22-23H,1-3H3,(H2,29,36)/t14-,22-,23+/m0/s1. The summed E-state index contributed by atoms with van der Waals surface area (Å²) in [6, 6.07) is 13.3. The Kier molecular flexibility index (Phi) is 5.60. The van der Waals surface area contributed by atoms with Crippen LogP contribution < -0.4 is 10.6 Å². The number of aryl methyl sites for hydroxylation is 2. The first-order valence-corrected chi connectivity index (χ1v) is 12.9. The van der Waals surface area contributed by atoms with E-state index in [2.05, 4.69) is 15.2 Å². The van der Waals surface area contributed by atoms with Crippen LogP contribution in [0, 0.1) is 18.7 Å². The van der Waals surface area contributed by atoms with E-state index in [4.69, 9.17) is 5.73 Å².